The van der Waals surface area contributed by atoms with Crippen LogP contribution in [0.15, 0.2) is 84.3 Å². The monoisotopic (exact) mass is 495 g/mol. The number of carbonyl (C=O) groups is 2. The van der Waals surface area contributed by atoms with Gasteiger partial charge in [-0.2, -0.15) is 0 Å². The number of aromatic nitrogens is 1. The molecule has 1 aromatic heterocycles. The quantitative estimate of drug-likeness (QED) is 0.322. The Hall–Kier alpha value is -4.23. The number of carbonyl (C=O) groups excluding carboxylic acids is 2. The number of ether oxygens (including phenoxy) is 1. The summed E-state index contributed by atoms with van der Waals surface area (Å²) < 4.78 is 5.80. The van der Waals surface area contributed by atoms with Crippen LogP contribution in [0.4, 0.5) is 10.8 Å². The van der Waals surface area contributed by atoms with Crippen molar-refractivity contribution >= 4 is 40.0 Å². The number of anilines is 2. The number of hydrogen-bond acceptors (Lipinski definition) is 5. The lowest BCUT2D eigenvalue weighted by atomic mass is 10.1. The number of hydrogen-bond donors (Lipinski definition) is 1. The fourth-order valence-corrected chi connectivity index (χ4v) is 4.79. The molecule has 1 aliphatic rings. The topological polar surface area (TPSA) is 71.5 Å². The lowest BCUT2D eigenvalue weighted by molar-refractivity contribution is -0.116. The van der Waals surface area contributed by atoms with E-state index in [9.17, 15) is 9.59 Å². The zero-order chi connectivity index (χ0) is 24.9. The molecule has 0 atom stereocenters. The van der Waals surface area contributed by atoms with E-state index in [2.05, 4.69) is 10.3 Å². The molecule has 1 aliphatic heterocycles. The van der Waals surface area contributed by atoms with Crippen molar-refractivity contribution in [3.8, 4) is 17.0 Å². The first kappa shape index (κ1) is 23.5. The second-order valence-electron chi connectivity index (χ2n) is 8.47. The highest BCUT2D eigenvalue weighted by Crippen LogP contribution is 2.34. The first-order valence-electron chi connectivity index (χ1n) is 11.7. The third-order valence-electron chi connectivity index (χ3n) is 5.95. The summed E-state index contributed by atoms with van der Waals surface area (Å²) in [6.07, 6.45) is 4.10. The Morgan fingerprint density at radius 3 is 2.67 bits per heavy atom. The summed E-state index contributed by atoms with van der Waals surface area (Å²) in [6.45, 7) is 2.80. The zero-order valence-electron chi connectivity index (χ0n) is 19.8. The number of fused-ring (bicyclic) bond motifs is 1. The summed E-state index contributed by atoms with van der Waals surface area (Å²) in [4.78, 5) is 30.7. The summed E-state index contributed by atoms with van der Waals surface area (Å²) in [5.41, 5.74) is 5.80. The van der Waals surface area contributed by atoms with Gasteiger partial charge in [0.1, 0.15) is 12.4 Å². The average Bonchev–Trinajstić information content (AvgIpc) is 3.54. The second-order valence-corrected chi connectivity index (χ2v) is 9.33. The Morgan fingerprint density at radius 2 is 1.89 bits per heavy atom. The standard InChI is InChI=1S/C29H25N3O3S/c1-20(33)32-16-15-23-10-11-24(17-27(23)32)26-19-36-29(30-26)31-28(34)14-9-21-7-12-25(13-8-21)35-18-22-5-3-2-4-6-22/h2-14,17,19H,15-16,18H2,1H3,(H,30,31,34)/b14-9+. The fraction of sp³-hybridized carbons (Fsp3) is 0.138. The predicted molar refractivity (Wildman–Crippen MR) is 144 cm³/mol. The van der Waals surface area contributed by atoms with Crippen LogP contribution in [0.5, 0.6) is 5.75 Å². The molecule has 36 heavy (non-hydrogen) atoms. The molecule has 0 fully saturated rings. The van der Waals surface area contributed by atoms with E-state index in [1.807, 2.05) is 78.2 Å². The minimum absolute atomic E-state index is 0.0401. The van der Waals surface area contributed by atoms with E-state index < -0.39 is 0 Å². The number of rotatable bonds is 7. The van der Waals surface area contributed by atoms with Crippen LogP contribution in [0.25, 0.3) is 17.3 Å². The van der Waals surface area contributed by atoms with Gasteiger partial charge in [0.25, 0.3) is 0 Å². The normalized spacial score (nSPS) is 12.5. The highest BCUT2D eigenvalue weighted by molar-refractivity contribution is 7.14. The molecule has 0 saturated heterocycles. The molecule has 5 rings (SSSR count). The molecule has 2 heterocycles. The van der Waals surface area contributed by atoms with Crippen LogP contribution >= 0.6 is 11.3 Å². The lowest BCUT2D eigenvalue weighted by Gasteiger charge is -2.15. The van der Waals surface area contributed by atoms with Crippen molar-refractivity contribution in [2.45, 2.75) is 20.0 Å². The van der Waals surface area contributed by atoms with Crippen molar-refractivity contribution in [1.29, 1.82) is 0 Å². The Bertz CT molecular complexity index is 1410. The number of nitrogens with one attached hydrogen (secondary N) is 1. The van der Waals surface area contributed by atoms with Crippen LogP contribution < -0.4 is 15.0 Å². The molecule has 0 aliphatic carbocycles. The van der Waals surface area contributed by atoms with Gasteiger partial charge in [0.05, 0.1) is 5.69 Å². The summed E-state index contributed by atoms with van der Waals surface area (Å²) in [6, 6.07) is 23.6. The zero-order valence-corrected chi connectivity index (χ0v) is 20.6. The van der Waals surface area contributed by atoms with Gasteiger partial charge in [0.15, 0.2) is 5.13 Å². The van der Waals surface area contributed by atoms with Crippen LogP contribution in [0.3, 0.4) is 0 Å². The van der Waals surface area contributed by atoms with Crippen LogP contribution in [-0.2, 0) is 22.6 Å². The molecule has 4 aromatic rings. The van der Waals surface area contributed by atoms with Crippen LogP contribution in [-0.4, -0.2) is 23.3 Å². The Kier molecular flexibility index (Phi) is 6.91. The maximum atomic E-state index is 12.4. The van der Waals surface area contributed by atoms with Gasteiger partial charge in [-0.1, -0.05) is 54.6 Å². The third-order valence-corrected chi connectivity index (χ3v) is 6.70. The van der Waals surface area contributed by atoms with Crippen molar-refractivity contribution in [2.75, 3.05) is 16.8 Å². The molecule has 7 heteroatoms. The van der Waals surface area contributed by atoms with E-state index in [-0.39, 0.29) is 11.8 Å². The molecule has 0 bridgehead atoms. The Labute approximate surface area is 213 Å². The number of amides is 2. The first-order valence-corrected chi connectivity index (χ1v) is 12.6. The molecule has 0 radical (unpaired) electrons. The first-order chi connectivity index (χ1) is 17.5. The molecular weight excluding hydrogens is 470 g/mol. The van der Waals surface area contributed by atoms with Crippen LogP contribution in [0, 0.1) is 0 Å². The highest BCUT2D eigenvalue weighted by atomic mass is 32.1. The largest absolute Gasteiger partial charge is 0.489 e. The van der Waals surface area contributed by atoms with Crippen molar-refractivity contribution in [3.63, 3.8) is 0 Å². The van der Waals surface area contributed by atoms with Crippen LogP contribution in [0.1, 0.15) is 23.6 Å². The number of benzene rings is 3. The molecule has 0 saturated carbocycles. The van der Waals surface area contributed by atoms with E-state index in [1.165, 1.54) is 23.0 Å². The predicted octanol–water partition coefficient (Wildman–Crippen LogP) is 5.95. The van der Waals surface area contributed by atoms with E-state index in [4.69, 9.17) is 4.74 Å². The molecule has 1 N–H and O–H groups in total. The minimum atomic E-state index is -0.253. The van der Waals surface area contributed by atoms with Gasteiger partial charge in [-0.3, -0.25) is 14.9 Å². The fourth-order valence-electron chi connectivity index (χ4n) is 4.06. The second kappa shape index (κ2) is 10.6. The Morgan fingerprint density at radius 1 is 1.08 bits per heavy atom. The van der Waals surface area contributed by atoms with Crippen molar-refractivity contribution in [2.24, 2.45) is 0 Å². The number of thiazole rings is 1. The SMILES string of the molecule is CC(=O)N1CCc2ccc(-c3csc(NC(=O)/C=C/c4ccc(OCc5ccccc5)cc4)n3)cc21. The van der Waals surface area contributed by atoms with Crippen LogP contribution in [0.2, 0.25) is 0 Å². The summed E-state index contributed by atoms with van der Waals surface area (Å²) in [5, 5.41) is 5.25. The van der Waals surface area contributed by atoms with E-state index in [1.54, 1.807) is 17.9 Å². The summed E-state index contributed by atoms with van der Waals surface area (Å²) in [7, 11) is 0. The molecule has 180 valence electrons. The van der Waals surface area contributed by atoms with Gasteiger partial charge in [0.2, 0.25) is 11.8 Å². The third kappa shape index (κ3) is 5.53. The van der Waals surface area contributed by atoms with E-state index >= 15 is 0 Å². The minimum Gasteiger partial charge on any atom is -0.489 e. The van der Waals surface area contributed by atoms with Crippen molar-refractivity contribution in [3.05, 3.63) is 101 Å². The van der Waals surface area contributed by atoms with E-state index in [0.717, 1.165) is 40.2 Å². The maximum Gasteiger partial charge on any atom is 0.250 e. The van der Waals surface area contributed by atoms with E-state index in [0.29, 0.717) is 18.3 Å². The van der Waals surface area contributed by atoms with Gasteiger partial charge < -0.3 is 9.64 Å². The van der Waals surface area contributed by atoms with Gasteiger partial charge in [-0.15, -0.1) is 11.3 Å². The number of nitrogens with zero attached hydrogens (tertiary/aromatic N) is 2. The van der Waals surface area contributed by atoms with Crippen molar-refractivity contribution in [1.82, 2.24) is 4.98 Å². The molecule has 0 spiro atoms. The molecule has 3 aromatic carbocycles. The highest BCUT2D eigenvalue weighted by Gasteiger charge is 2.22. The van der Waals surface area contributed by atoms with Gasteiger partial charge in [-0.05, 0) is 47.4 Å². The molecular formula is C29H25N3O3S. The lowest BCUT2D eigenvalue weighted by Crippen LogP contribution is -2.25. The smallest absolute Gasteiger partial charge is 0.250 e. The van der Waals surface area contributed by atoms with Crippen molar-refractivity contribution < 1.29 is 14.3 Å². The maximum absolute atomic E-state index is 12.4. The molecule has 0 unspecified atom stereocenters. The van der Waals surface area contributed by atoms with Gasteiger partial charge >= 0.3 is 0 Å². The molecule has 6 nitrogen and oxygen atoms in total. The average molecular weight is 496 g/mol. The summed E-state index contributed by atoms with van der Waals surface area (Å²) in [5.74, 6) is 0.559. The molecule has 2 amide bonds. The van der Waals surface area contributed by atoms with Gasteiger partial charge in [0, 0.05) is 36.2 Å². The Balaban J connectivity index is 1.17. The summed E-state index contributed by atoms with van der Waals surface area (Å²) >= 11 is 1.37. The van der Waals surface area contributed by atoms with Gasteiger partial charge in [-0.25, -0.2) is 4.98 Å².